The second-order valence-corrected chi connectivity index (χ2v) is 4.81. The highest BCUT2D eigenvalue weighted by Gasteiger charge is 1.97. The van der Waals surface area contributed by atoms with Crippen molar-refractivity contribution in [3.8, 4) is 0 Å². The first kappa shape index (κ1) is 13.6. The summed E-state index contributed by atoms with van der Waals surface area (Å²) in [5, 5.41) is 3.45. The highest BCUT2D eigenvalue weighted by molar-refractivity contribution is 5.45. The lowest BCUT2D eigenvalue weighted by molar-refractivity contribution is 0.680. The zero-order chi connectivity index (χ0) is 13.5. The summed E-state index contributed by atoms with van der Waals surface area (Å²) in [7, 11) is 4.11. The summed E-state index contributed by atoms with van der Waals surface area (Å²) in [6.45, 7) is 1.85. The zero-order valence-electron chi connectivity index (χ0n) is 11.6. The van der Waals surface area contributed by atoms with E-state index < -0.39 is 0 Å². The van der Waals surface area contributed by atoms with Crippen molar-refractivity contribution in [1.29, 1.82) is 0 Å². The van der Waals surface area contributed by atoms with Gasteiger partial charge in [0.15, 0.2) is 0 Å². The van der Waals surface area contributed by atoms with Crippen molar-refractivity contribution in [3.63, 3.8) is 0 Å². The molecule has 2 aromatic rings. The van der Waals surface area contributed by atoms with Crippen molar-refractivity contribution in [1.82, 2.24) is 10.3 Å². The van der Waals surface area contributed by atoms with Gasteiger partial charge in [-0.15, -0.1) is 0 Å². The molecule has 0 radical (unpaired) electrons. The third-order valence-electron chi connectivity index (χ3n) is 3.07. The van der Waals surface area contributed by atoms with Gasteiger partial charge in [0.05, 0.1) is 0 Å². The number of nitrogens with zero attached hydrogens (tertiary/aromatic N) is 2. The summed E-state index contributed by atoms with van der Waals surface area (Å²) in [4.78, 5) is 6.42. The normalized spacial score (nSPS) is 10.4. The first-order valence-electron chi connectivity index (χ1n) is 6.62. The third-order valence-corrected chi connectivity index (χ3v) is 3.07. The Morgan fingerprint density at radius 1 is 1.05 bits per heavy atom. The van der Waals surface area contributed by atoms with E-state index in [-0.39, 0.29) is 0 Å². The molecule has 1 heterocycles. The summed E-state index contributed by atoms with van der Waals surface area (Å²) in [5.41, 5.74) is 3.68. The van der Waals surface area contributed by atoms with E-state index in [9.17, 15) is 0 Å². The highest BCUT2D eigenvalue weighted by Crippen LogP contribution is 2.11. The fraction of sp³-hybridized carbons (Fsp3) is 0.312. The number of pyridine rings is 1. The summed E-state index contributed by atoms with van der Waals surface area (Å²) in [5.74, 6) is 0. The molecule has 0 bridgehead atoms. The molecule has 0 aliphatic heterocycles. The van der Waals surface area contributed by atoms with Crippen molar-refractivity contribution in [2.75, 3.05) is 25.5 Å². The zero-order valence-corrected chi connectivity index (χ0v) is 11.6. The van der Waals surface area contributed by atoms with Crippen LogP contribution in [0, 0.1) is 0 Å². The second kappa shape index (κ2) is 6.90. The lowest BCUT2D eigenvalue weighted by Crippen LogP contribution is -2.17. The molecule has 1 aromatic heterocycles. The molecule has 0 aliphatic carbocycles. The van der Waals surface area contributed by atoms with E-state index in [1.807, 2.05) is 18.3 Å². The number of anilines is 1. The molecular weight excluding hydrogens is 234 g/mol. The molecule has 1 aromatic carbocycles. The molecule has 0 saturated carbocycles. The van der Waals surface area contributed by atoms with Crippen LogP contribution in [-0.2, 0) is 13.0 Å². The van der Waals surface area contributed by atoms with Crippen LogP contribution in [0.25, 0.3) is 0 Å². The van der Waals surface area contributed by atoms with Gasteiger partial charge in [0.2, 0.25) is 0 Å². The van der Waals surface area contributed by atoms with Crippen molar-refractivity contribution >= 4 is 5.69 Å². The first-order chi connectivity index (χ1) is 9.25. The molecule has 19 heavy (non-hydrogen) atoms. The summed E-state index contributed by atoms with van der Waals surface area (Å²) in [6, 6.07) is 14.7. The van der Waals surface area contributed by atoms with Crippen LogP contribution in [0.3, 0.4) is 0 Å². The molecule has 3 nitrogen and oxygen atoms in total. The molecule has 2 rings (SSSR count). The maximum atomic E-state index is 4.31. The Morgan fingerprint density at radius 2 is 1.84 bits per heavy atom. The van der Waals surface area contributed by atoms with E-state index in [2.05, 4.69) is 59.6 Å². The fourth-order valence-electron chi connectivity index (χ4n) is 1.91. The SMILES string of the molecule is CN(C)c1ccc(CNCCc2ccccn2)cc1. The quantitative estimate of drug-likeness (QED) is 0.804. The van der Waals surface area contributed by atoms with Gasteiger partial charge in [-0.3, -0.25) is 4.98 Å². The van der Waals surface area contributed by atoms with E-state index in [1.165, 1.54) is 11.3 Å². The van der Waals surface area contributed by atoms with Gasteiger partial charge in [-0.1, -0.05) is 18.2 Å². The van der Waals surface area contributed by atoms with Gasteiger partial charge in [-0.05, 0) is 29.8 Å². The van der Waals surface area contributed by atoms with E-state index in [1.54, 1.807) is 0 Å². The molecule has 3 heteroatoms. The first-order valence-corrected chi connectivity index (χ1v) is 6.62. The van der Waals surface area contributed by atoms with Crippen molar-refractivity contribution in [2.24, 2.45) is 0 Å². The Bertz CT molecular complexity index is 477. The number of hydrogen-bond donors (Lipinski definition) is 1. The minimum absolute atomic E-state index is 0.903. The van der Waals surface area contributed by atoms with E-state index in [0.29, 0.717) is 0 Å². The van der Waals surface area contributed by atoms with Gasteiger partial charge < -0.3 is 10.2 Å². The molecule has 0 spiro atoms. The number of nitrogens with one attached hydrogen (secondary N) is 1. The molecule has 0 amide bonds. The third kappa shape index (κ3) is 4.38. The molecule has 100 valence electrons. The van der Waals surface area contributed by atoms with Crippen LogP contribution in [0.2, 0.25) is 0 Å². The predicted molar refractivity (Wildman–Crippen MR) is 80.4 cm³/mol. The molecule has 0 atom stereocenters. The minimum atomic E-state index is 0.903. The maximum Gasteiger partial charge on any atom is 0.0416 e. The molecular formula is C16H21N3. The van der Waals surface area contributed by atoms with Crippen molar-refractivity contribution in [2.45, 2.75) is 13.0 Å². The van der Waals surface area contributed by atoms with Crippen LogP contribution in [0.1, 0.15) is 11.3 Å². The Hall–Kier alpha value is -1.87. The highest BCUT2D eigenvalue weighted by atomic mass is 15.1. The van der Waals surface area contributed by atoms with E-state index in [4.69, 9.17) is 0 Å². The van der Waals surface area contributed by atoms with Crippen molar-refractivity contribution in [3.05, 3.63) is 59.9 Å². The van der Waals surface area contributed by atoms with Crippen molar-refractivity contribution < 1.29 is 0 Å². The van der Waals surface area contributed by atoms with Crippen LogP contribution < -0.4 is 10.2 Å². The number of rotatable bonds is 6. The van der Waals surface area contributed by atoms with Gasteiger partial charge in [-0.25, -0.2) is 0 Å². The average Bonchev–Trinajstić information content (AvgIpc) is 2.45. The topological polar surface area (TPSA) is 28.2 Å². The second-order valence-electron chi connectivity index (χ2n) is 4.81. The summed E-state index contributed by atoms with van der Waals surface area (Å²) in [6.07, 6.45) is 2.81. The number of hydrogen-bond acceptors (Lipinski definition) is 3. The Morgan fingerprint density at radius 3 is 2.47 bits per heavy atom. The monoisotopic (exact) mass is 255 g/mol. The van der Waals surface area contributed by atoms with Gasteiger partial charge in [0.1, 0.15) is 0 Å². The molecule has 1 N–H and O–H groups in total. The molecule has 0 unspecified atom stereocenters. The Labute approximate surface area is 115 Å². The van der Waals surface area contributed by atoms with E-state index >= 15 is 0 Å². The lowest BCUT2D eigenvalue weighted by Gasteiger charge is -2.12. The lowest BCUT2D eigenvalue weighted by atomic mass is 10.2. The van der Waals surface area contributed by atoms with Crippen LogP contribution in [0.15, 0.2) is 48.7 Å². The fourth-order valence-corrected chi connectivity index (χ4v) is 1.91. The number of aromatic nitrogens is 1. The standard InChI is InChI=1S/C16H21N3/c1-19(2)16-8-6-14(7-9-16)13-17-12-10-15-5-3-4-11-18-15/h3-9,11,17H,10,12-13H2,1-2H3. The number of benzene rings is 1. The Kier molecular flexibility index (Phi) is 4.93. The van der Waals surface area contributed by atoms with E-state index in [0.717, 1.165) is 25.2 Å². The van der Waals surface area contributed by atoms with Crippen LogP contribution in [0.5, 0.6) is 0 Å². The van der Waals surface area contributed by atoms with Crippen LogP contribution in [-0.4, -0.2) is 25.6 Å². The van der Waals surface area contributed by atoms with Crippen LogP contribution in [0.4, 0.5) is 5.69 Å². The maximum absolute atomic E-state index is 4.31. The largest absolute Gasteiger partial charge is 0.378 e. The molecule has 0 saturated heterocycles. The molecule has 0 aliphatic rings. The van der Waals surface area contributed by atoms with Gasteiger partial charge in [-0.2, -0.15) is 0 Å². The summed E-state index contributed by atoms with van der Waals surface area (Å²) < 4.78 is 0. The van der Waals surface area contributed by atoms with Crippen LogP contribution >= 0.6 is 0 Å². The minimum Gasteiger partial charge on any atom is -0.378 e. The van der Waals surface area contributed by atoms with Gasteiger partial charge >= 0.3 is 0 Å². The Balaban J connectivity index is 1.74. The van der Waals surface area contributed by atoms with Gasteiger partial charge in [0.25, 0.3) is 0 Å². The average molecular weight is 255 g/mol. The predicted octanol–water partition coefficient (Wildman–Crippen LogP) is 2.48. The molecule has 0 fully saturated rings. The van der Waals surface area contributed by atoms with Gasteiger partial charge in [0, 0.05) is 51.2 Å². The smallest absolute Gasteiger partial charge is 0.0416 e. The summed E-state index contributed by atoms with van der Waals surface area (Å²) >= 11 is 0.